The molecule has 0 fully saturated rings. The molecule has 0 aliphatic rings. The minimum absolute atomic E-state index is 0.0317. The lowest BCUT2D eigenvalue weighted by Gasteiger charge is -2.10. The molecular weight excluding hydrogens is 287 g/mol. The Morgan fingerprint density at radius 1 is 1.05 bits per heavy atom. The fourth-order valence-corrected chi connectivity index (χ4v) is 1.79. The minimum atomic E-state index is -4.74. The molecular formula is C14H10F3NO3. The average molecular weight is 297 g/mol. The Morgan fingerprint density at radius 3 is 2.10 bits per heavy atom. The van der Waals surface area contributed by atoms with Crippen molar-refractivity contribution in [1.29, 1.82) is 0 Å². The number of carboxylic acids is 1. The predicted molar refractivity (Wildman–Crippen MR) is 69.9 cm³/mol. The summed E-state index contributed by atoms with van der Waals surface area (Å²) in [5.41, 5.74) is 6.85. The van der Waals surface area contributed by atoms with E-state index in [1.165, 1.54) is 42.5 Å². The average Bonchev–Trinajstić information content (AvgIpc) is 2.37. The van der Waals surface area contributed by atoms with Crippen LogP contribution in [0.15, 0.2) is 42.5 Å². The van der Waals surface area contributed by atoms with Crippen LogP contribution in [0.1, 0.15) is 10.4 Å². The van der Waals surface area contributed by atoms with Gasteiger partial charge in [-0.3, -0.25) is 0 Å². The number of hydrogen-bond donors (Lipinski definition) is 2. The zero-order valence-corrected chi connectivity index (χ0v) is 10.5. The van der Waals surface area contributed by atoms with Gasteiger partial charge in [0.1, 0.15) is 5.75 Å². The normalized spacial score (nSPS) is 11.2. The number of anilines is 1. The quantitative estimate of drug-likeness (QED) is 0.850. The second-order valence-electron chi connectivity index (χ2n) is 4.18. The van der Waals surface area contributed by atoms with Gasteiger partial charge in [0.2, 0.25) is 0 Å². The Balaban J connectivity index is 2.27. The topological polar surface area (TPSA) is 72.5 Å². The van der Waals surface area contributed by atoms with Crippen LogP contribution in [0.5, 0.6) is 5.75 Å². The van der Waals surface area contributed by atoms with E-state index in [2.05, 4.69) is 4.74 Å². The molecule has 4 nitrogen and oxygen atoms in total. The Hall–Kier alpha value is -2.70. The number of carboxylic acid groups (broad SMARTS) is 1. The van der Waals surface area contributed by atoms with Gasteiger partial charge in [-0.1, -0.05) is 18.2 Å². The van der Waals surface area contributed by atoms with Crippen LogP contribution in [0.2, 0.25) is 0 Å². The van der Waals surface area contributed by atoms with Crippen LogP contribution in [0, 0.1) is 0 Å². The first kappa shape index (κ1) is 14.7. The molecule has 2 aromatic rings. The lowest BCUT2D eigenvalue weighted by molar-refractivity contribution is -0.274. The highest BCUT2D eigenvalue weighted by atomic mass is 19.4. The van der Waals surface area contributed by atoms with E-state index in [-0.39, 0.29) is 17.0 Å². The van der Waals surface area contributed by atoms with Crippen LogP contribution < -0.4 is 10.5 Å². The Morgan fingerprint density at radius 2 is 1.62 bits per heavy atom. The Bertz CT molecular complexity index is 666. The maximum absolute atomic E-state index is 12.0. The summed E-state index contributed by atoms with van der Waals surface area (Å²) in [6, 6.07) is 9.51. The molecule has 0 bridgehead atoms. The van der Waals surface area contributed by atoms with Gasteiger partial charge in [-0.25, -0.2) is 4.79 Å². The lowest BCUT2D eigenvalue weighted by atomic mass is 10.0. The van der Waals surface area contributed by atoms with E-state index < -0.39 is 12.3 Å². The number of carbonyl (C=O) groups is 1. The van der Waals surface area contributed by atoms with E-state index in [0.29, 0.717) is 11.1 Å². The van der Waals surface area contributed by atoms with Gasteiger partial charge in [0.05, 0.1) is 5.56 Å². The van der Waals surface area contributed by atoms with Gasteiger partial charge < -0.3 is 15.6 Å². The lowest BCUT2D eigenvalue weighted by Crippen LogP contribution is -2.16. The van der Waals surface area contributed by atoms with Gasteiger partial charge in [-0.2, -0.15) is 0 Å². The molecule has 2 aromatic carbocycles. The molecule has 0 aliphatic heterocycles. The van der Waals surface area contributed by atoms with Crippen molar-refractivity contribution in [3.8, 4) is 16.9 Å². The monoisotopic (exact) mass is 297 g/mol. The maximum atomic E-state index is 12.0. The van der Waals surface area contributed by atoms with Crippen molar-refractivity contribution >= 4 is 11.7 Å². The number of alkyl halides is 3. The van der Waals surface area contributed by atoms with E-state index in [4.69, 9.17) is 10.8 Å². The molecule has 0 heterocycles. The maximum Gasteiger partial charge on any atom is 0.573 e. The fourth-order valence-electron chi connectivity index (χ4n) is 1.79. The fraction of sp³-hybridized carbons (Fsp3) is 0.0714. The van der Waals surface area contributed by atoms with Gasteiger partial charge in [-0.05, 0) is 35.4 Å². The first-order valence-electron chi connectivity index (χ1n) is 5.75. The summed E-state index contributed by atoms with van der Waals surface area (Å²) in [4.78, 5) is 10.8. The van der Waals surface area contributed by atoms with E-state index in [9.17, 15) is 18.0 Å². The molecule has 7 heteroatoms. The van der Waals surface area contributed by atoms with E-state index >= 15 is 0 Å². The molecule has 110 valence electrons. The molecule has 0 radical (unpaired) electrons. The second kappa shape index (κ2) is 5.35. The zero-order chi connectivity index (χ0) is 15.6. The van der Waals surface area contributed by atoms with Crippen molar-refractivity contribution < 1.29 is 27.8 Å². The molecule has 2 rings (SSSR count). The number of aromatic carboxylic acids is 1. The molecule has 3 N–H and O–H groups in total. The van der Waals surface area contributed by atoms with Crippen molar-refractivity contribution in [1.82, 2.24) is 0 Å². The van der Waals surface area contributed by atoms with Crippen LogP contribution >= 0.6 is 0 Å². The standard InChI is InChI=1S/C14H10F3NO3/c15-14(16,17)21-10-4-1-8(2-5-10)9-3-6-11(13(19)20)12(18)7-9/h1-7H,18H2,(H,19,20). The molecule has 0 saturated heterocycles. The zero-order valence-electron chi connectivity index (χ0n) is 10.5. The molecule has 0 saturated carbocycles. The Labute approximate surface area is 117 Å². The predicted octanol–water partition coefficient (Wildman–Crippen LogP) is 3.53. The third kappa shape index (κ3) is 3.65. The van der Waals surface area contributed by atoms with Crippen LogP contribution in [-0.2, 0) is 0 Å². The third-order valence-electron chi connectivity index (χ3n) is 2.70. The summed E-state index contributed by atoms with van der Waals surface area (Å²) in [5, 5.41) is 8.87. The SMILES string of the molecule is Nc1cc(-c2ccc(OC(F)(F)F)cc2)ccc1C(=O)O. The number of rotatable bonds is 3. The summed E-state index contributed by atoms with van der Waals surface area (Å²) < 4.78 is 39.9. The van der Waals surface area contributed by atoms with Gasteiger partial charge in [-0.15, -0.1) is 13.2 Å². The van der Waals surface area contributed by atoms with Crippen molar-refractivity contribution in [2.24, 2.45) is 0 Å². The highest BCUT2D eigenvalue weighted by Crippen LogP contribution is 2.28. The van der Waals surface area contributed by atoms with Gasteiger partial charge in [0.15, 0.2) is 0 Å². The van der Waals surface area contributed by atoms with E-state index in [0.717, 1.165) is 0 Å². The molecule has 0 amide bonds. The van der Waals surface area contributed by atoms with Crippen LogP contribution in [0.4, 0.5) is 18.9 Å². The van der Waals surface area contributed by atoms with E-state index in [1.807, 2.05) is 0 Å². The summed E-state index contributed by atoms with van der Waals surface area (Å²) in [6.45, 7) is 0. The highest BCUT2D eigenvalue weighted by Gasteiger charge is 2.30. The molecule has 0 atom stereocenters. The number of nitrogens with two attached hydrogens (primary N) is 1. The van der Waals surface area contributed by atoms with Crippen molar-refractivity contribution in [2.75, 3.05) is 5.73 Å². The smallest absolute Gasteiger partial charge is 0.478 e. The molecule has 0 aliphatic carbocycles. The number of benzene rings is 2. The summed E-state index contributed by atoms with van der Waals surface area (Å²) in [5.74, 6) is -1.48. The van der Waals surface area contributed by atoms with Crippen molar-refractivity contribution in [3.05, 3.63) is 48.0 Å². The van der Waals surface area contributed by atoms with Gasteiger partial charge in [0, 0.05) is 5.69 Å². The molecule has 0 aromatic heterocycles. The van der Waals surface area contributed by atoms with Gasteiger partial charge in [0.25, 0.3) is 0 Å². The number of nitrogen functional groups attached to an aromatic ring is 1. The van der Waals surface area contributed by atoms with Gasteiger partial charge >= 0.3 is 12.3 Å². The third-order valence-corrected chi connectivity index (χ3v) is 2.70. The summed E-state index contributed by atoms with van der Waals surface area (Å²) >= 11 is 0. The number of ether oxygens (including phenoxy) is 1. The van der Waals surface area contributed by atoms with Crippen molar-refractivity contribution in [3.63, 3.8) is 0 Å². The summed E-state index contributed by atoms with van der Waals surface area (Å²) in [7, 11) is 0. The molecule has 21 heavy (non-hydrogen) atoms. The number of hydrogen-bond acceptors (Lipinski definition) is 3. The summed E-state index contributed by atoms with van der Waals surface area (Å²) in [6.07, 6.45) is -4.74. The van der Waals surface area contributed by atoms with Crippen LogP contribution in [0.3, 0.4) is 0 Å². The molecule has 0 unspecified atom stereocenters. The highest BCUT2D eigenvalue weighted by molar-refractivity contribution is 5.94. The van der Waals surface area contributed by atoms with E-state index in [1.54, 1.807) is 0 Å². The second-order valence-corrected chi connectivity index (χ2v) is 4.18. The number of halogens is 3. The molecule has 0 spiro atoms. The first-order valence-corrected chi connectivity index (χ1v) is 5.75. The van der Waals surface area contributed by atoms with Crippen molar-refractivity contribution in [2.45, 2.75) is 6.36 Å². The Kier molecular flexibility index (Phi) is 3.75. The minimum Gasteiger partial charge on any atom is -0.478 e. The van der Waals surface area contributed by atoms with Crippen LogP contribution in [0.25, 0.3) is 11.1 Å². The largest absolute Gasteiger partial charge is 0.573 e. The van der Waals surface area contributed by atoms with Crippen LogP contribution in [-0.4, -0.2) is 17.4 Å². The first-order chi connectivity index (χ1) is 9.76.